The fourth-order valence-corrected chi connectivity index (χ4v) is 4.43. The van der Waals surface area contributed by atoms with E-state index in [0.29, 0.717) is 11.1 Å². The molecule has 2 aromatic carbocycles. The lowest BCUT2D eigenvalue weighted by molar-refractivity contribution is -0.145. The molecule has 0 fully saturated rings. The molecule has 0 saturated carbocycles. The standard InChI is InChI=1S/C29H36N6O8/c1-15(36)25(29(42)43)35-28(41)22(12-16-6-8-18(37)9-7-16)34-27(40)23(33-26(39)20(30)10-11-24(31)38)13-17-14-32-21-5-3-2-4-19(17)21/h2-9,14-15,20,22-23,25,32,36-37H,10-13,30H2,1H3,(H2,31,38)(H,33,39)(H,34,40)(H,35,41)(H,42,43). The van der Waals surface area contributed by atoms with Crippen molar-refractivity contribution in [1.29, 1.82) is 0 Å². The first kappa shape index (κ1) is 32.6. The summed E-state index contributed by atoms with van der Waals surface area (Å²) in [5.74, 6) is -4.54. The number of nitrogens with one attached hydrogen (secondary N) is 4. The third kappa shape index (κ3) is 9.28. The monoisotopic (exact) mass is 596 g/mol. The molecule has 43 heavy (non-hydrogen) atoms. The van der Waals surface area contributed by atoms with Gasteiger partial charge in [-0.3, -0.25) is 19.2 Å². The number of fused-ring (bicyclic) bond motifs is 1. The van der Waals surface area contributed by atoms with Crippen molar-refractivity contribution < 1.29 is 39.3 Å². The minimum atomic E-state index is -1.66. The second kappa shape index (κ2) is 14.8. The minimum Gasteiger partial charge on any atom is -0.508 e. The SMILES string of the molecule is CC(O)C(NC(=O)C(Cc1ccc(O)cc1)NC(=O)C(Cc1c[nH]c2ccccc12)NC(=O)C(N)CCC(N)=O)C(=O)O. The van der Waals surface area contributed by atoms with Crippen LogP contribution in [0.15, 0.2) is 54.7 Å². The van der Waals surface area contributed by atoms with Crippen molar-refractivity contribution in [2.75, 3.05) is 0 Å². The lowest BCUT2D eigenvalue weighted by atomic mass is 10.0. The fourth-order valence-electron chi connectivity index (χ4n) is 4.43. The number of nitrogens with two attached hydrogens (primary N) is 2. The molecule has 1 aromatic heterocycles. The van der Waals surface area contributed by atoms with Crippen LogP contribution in [0.25, 0.3) is 10.9 Å². The first-order valence-electron chi connectivity index (χ1n) is 13.5. The van der Waals surface area contributed by atoms with E-state index in [2.05, 4.69) is 20.9 Å². The Balaban J connectivity index is 1.90. The normalized spacial score (nSPS) is 14.6. The van der Waals surface area contributed by atoms with E-state index in [1.165, 1.54) is 31.2 Å². The van der Waals surface area contributed by atoms with Gasteiger partial charge in [0.1, 0.15) is 17.8 Å². The number of benzene rings is 2. The second-order valence-corrected chi connectivity index (χ2v) is 10.2. The molecule has 3 rings (SSSR count). The number of carboxylic acids is 1. The summed E-state index contributed by atoms with van der Waals surface area (Å²) in [5.41, 5.74) is 13.1. The molecule has 1 heterocycles. The number of carboxylic acid groups (broad SMARTS) is 1. The van der Waals surface area contributed by atoms with Gasteiger partial charge in [-0.2, -0.15) is 0 Å². The number of phenolic OH excluding ortho intramolecular Hbond substituents is 1. The lowest BCUT2D eigenvalue weighted by Crippen LogP contribution is -2.59. The van der Waals surface area contributed by atoms with Gasteiger partial charge in [0.05, 0.1) is 12.1 Å². The molecular formula is C29H36N6O8. The molecule has 11 N–H and O–H groups in total. The average molecular weight is 597 g/mol. The Bertz CT molecular complexity index is 1450. The molecule has 3 aromatic rings. The van der Waals surface area contributed by atoms with E-state index in [-0.39, 0.29) is 31.4 Å². The summed E-state index contributed by atoms with van der Waals surface area (Å²) in [6, 6.07) is 7.73. The molecule has 0 spiro atoms. The van der Waals surface area contributed by atoms with Crippen LogP contribution in [0.3, 0.4) is 0 Å². The number of aromatic nitrogens is 1. The molecule has 230 valence electrons. The number of hydrogen-bond donors (Lipinski definition) is 9. The number of hydrogen-bond acceptors (Lipinski definition) is 8. The average Bonchev–Trinajstić information content (AvgIpc) is 3.37. The van der Waals surface area contributed by atoms with Crippen LogP contribution in [0.5, 0.6) is 5.75 Å². The van der Waals surface area contributed by atoms with Crippen LogP contribution in [0.1, 0.15) is 30.9 Å². The number of amides is 4. The van der Waals surface area contributed by atoms with Gasteiger partial charge >= 0.3 is 5.97 Å². The van der Waals surface area contributed by atoms with E-state index >= 15 is 0 Å². The second-order valence-electron chi connectivity index (χ2n) is 10.2. The van der Waals surface area contributed by atoms with Gasteiger partial charge in [0.25, 0.3) is 0 Å². The molecule has 0 bridgehead atoms. The van der Waals surface area contributed by atoms with Crippen LogP contribution in [0.4, 0.5) is 0 Å². The van der Waals surface area contributed by atoms with Crippen molar-refractivity contribution in [3.05, 3.63) is 65.9 Å². The molecule has 5 unspecified atom stereocenters. The number of phenols is 1. The van der Waals surface area contributed by atoms with E-state index in [1.54, 1.807) is 6.20 Å². The molecular weight excluding hydrogens is 560 g/mol. The summed E-state index contributed by atoms with van der Waals surface area (Å²) in [7, 11) is 0. The summed E-state index contributed by atoms with van der Waals surface area (Å²) >= 11 is 0. The summed E-state index contributed by atoms with van der Waals surface area (Å²) in [6.07, 6.45) is -0.0762. The molecule has 14 heteroatoms. The predicted octanol–water partition coefficient (Wildman–Crippen LogP) is -0.829. The molecule has 0 aliphatic carbocycles. The topological polar surface area (TPSA) is 250 Å². The van der Waals surface area contributed by atoms with E-state index in [9.17, 15) is 39.3 Å². The summed E-state index contributed by atoms with van der Waals surface area (Å²) in [4.78, 5) is 65.8. The van der Waals surface area contributed by atoms with Gasteiger partial charge in [-0.05, 0) is 42.7 Å². The Labute approximate surface area is 246 Å². The number of aliphatic carboxylic acids is 1. The molecule has 14 nitrogen and oxygen atoms in total. The van der Waals surface area contributed by atoms with Crippen molar-refractivity contribution in [2.45, 2.75) is 62.9 Å². The van der Waals surface area contributed by atoms with Crippen LogP contribution < -0.4 is 27.4 Å². The van der Waals surface area contributed by atoms with Crippen molar-refractivity contribution >= 4 is 40.5 Å². The van der Waals surface area contributed by atoms with Crippen molar-refractivity contribution in [1.82, 2.24) is 20.9 Å². The van der Waals surface area contributed by atoms with Crippen LogP contribution in [-0.4, -0.2) is 80.2 Å². The molecule has 4 amide bonds. The van der Waals surface area contributed by atoms with Gasteiger partial charge in [-0.25, -0.2) is 4.79 Å². The number of carbonyl (C=O) groups excluding carboxylic acids is 4. The van der Waals surface area contributed by atoms with E-state index in [0.717, 1.165) is 10.9 Å². The summed E-state index contributed by atoms with van der Waals surface area (Å²) in [6.45, 7) is 1.20. The lowest BCUT2D eigenvalue weighted by Gasteiger charge is -2.26. The Morgan fingerprint density at radius 3 is 2.12 bits per heavy atom. The number of aromatic hydroxyl groups is 1. The van der Waals surface area contributed by atoms with Crippen LogP contribution >= 0.6 is 0 Å². The van der Waals surface area contributed by atoms with Crippen LogP contribution in [-0.2, 0) is 36.8 Å². The van der Waals surface area contributed by atoms with Gasteiger partial charge in [0.2, 0.25) is 23.6 Å². The number of aliphatic hydroxyl groups excluding tert-OH is 1. The maximum atomic E-state index is 13.7. The quantitative estimate of drug-likeness (QED) is 0.106. The van der Waals surface area contributed by atoms with Gasteiger partial charge in [-0.1, -0.05) is 30.3 Å². The third-order valence-electron chi connectivity index (χ3n) is 6.83. The van der Waals surface area contributed by atoms with Crippen LogP contribution in [0.2, 0.25) is 0 Å². The van der Waals surface area contributed by atoms with Gasteiger partial charge in [-0.15, -0.1) is 0 Å². The van der Waals surface area contributed by atoms with E-state index in [4.69, 9.17) is 11.5 Å². The molecule has 0 saturated heterocycles. The highest BCUT2D eigenvalue weighted by Crippen LogP contribution is 2.20. The number of aliphatic hydroxyl groups is 1. The predicted molar refractivity (Wildman–Crippen MR) is 155 cm³/mol. The smallest absolute Gasteiger partial charge is 0.328 e. The van der Waals surface area contributed by atoms with E-state index < -0.39 is 59.9 Å². The molecule has 5 atom stereocenters. The zero-order valence-corrected chi connectivity index (χ0v) is 23.4. The molecule has 0 radical (unpaired) electrons. The minimum absolute atomic E-state index is 0.0108. The molecule has 0 aliphatic rings. The number of H-pyrrole nitrogens is 1. The zero-order chi connectivity index (χ0) is 31.7. The maximum absolute atomic E-state index is 13.7. The van der Waals surface area contributed by atoms with Gasteiger partial charge in [0, 0.05) is 36.4 Å². The fraction of sp³-hybridized carbons (Fsp3) is 0.345. The highest BCUT2D eigenvalue weighted by molar-refractivity contribution is 5.95. The van der Waals surface area contributed by atoms with Gasteiger partial charge < -0.3 is 47.7 Å². The summed E-state index contributed by atoms with van der Waals surface area (Å²) in [5, 5.41) is 37.2. The van der Waals surface area contributed by atoms with Crippen LogP contribution in [0, 0.1) is 0 Å². The Morgan fingerprint density at radius 1 is 0.884 bits per heavy atom. The largest absolute Gasteiger partial charge is 0.508 e. The highest BCUT2D eigenvalue weighted by atomic mass is 16.4. The summed E-state index contributed by atoms with van der Waals surface area (Å²) < 4.78 is 0. The number of primary amides is 1. The van der Waals surface area contributed by atoms with Gasteiger partial charge in [0.15, 0.2) is 6.04 Å². The molecule has 0 aliphatic heterocycles. The Hall–Kier alpha value is -4.95. The Kier molecular flexibility index (Phi) is 11.2. The first-order valence-corrected chi connectivity index (χ1v) is 13.5. The number of carbonyl (C=O) groups is 5. The highest BCUT2D eigenvalue weighted by Gasteiger charge is 2.32. The van der Waals surface area contributed by atoms with Crippen molar-refractivity contribution in [3.8, 4) is 5.75 Å². The number of para-hydroxylation sites is 1. The zero-order valence-electron chi connectivity index (χ0n) is 23.4. The number of rotatable bonds is 15. The number of aromatic amines is 1. The third-order valence-corrected chi connectivity index (χ3v) is 6.83. The maximum Gasteiger partial charge on any atom is 0.328 e. The van der Waals surface area contributed by atoms with Crippen molar-refractivity contribution in [3.63, 3.8) is 0 Å². The van der Waals surface area contributed by atoms with Crippen molar-refractivity contribution in [2.24, 2.45) is 11.5 Å². The first-order chi connectivity index (χ1) is 20.3. The Morgan fingerprint density at radius 2 is 1.49 bits per heavy atom. The van der Waals surface area contributed by atoms with E-state index in [1.807, 2.05) is 24.3 Å².